The highest BCUT2D eigenvalue weighted by Crippen LogP contribution is 2.35. The molecular weight excluding hydrogens is 411 g/mol. The summed E-state index contributed by atoms with van der Waals surface area (Å²) in [6, 6.07) is 15.8. The SMILES string of the molecule is CC(C)=CC(CC(C)(C)c1ccc(C(F)(F)F)cc1)N1CCC(Oc2ccccc2)CC1. The van der Waals surface area contributed by atoms with Gasteiger partial charge in [-0.3, -0.25) is 4.90 Å². The Morgan fingerprint density at radius 2 is 1.53 bits per heavy atom. The molecule has 1 saturated heterocycles. The molecule has 0 aliphatic carbocycles. The van der Waals surface area contributed by atoms with Crippen molar-refractivity contribution in [1.29, 1.82) is 0 Å². The van der Waals surface area contributed by atoms with Gasteiger partial charge < -0.3 is 4.74 Å². The van der Waals surface area contributed by atoms with Gasteiger partial charge in [-0.25, -0.2) is 0 Å². The average Bonchev–Trinajstić information content (AvgIpc) is 2.73. The van der Waals surface area contributed by atoms with Crippen LogP contribution in [-0.2, 0) is 11.6 Å². The second kappa shape index (κ2) is 10.1. The highest BCUT2D eigenvalue weighted by atomic mass is 19.4. The van der Waals surface area contributed by atoms with Crippen molar-refractivity contribution in [2.24, 2.45) is 0 Å². The molecule has 1 unspecified atom stereocenters. The van der Waals surface area contributed by atoms with Crippen LogP contribution in [0.2, 0.25) is 0 Å². The van der Waals surface area contributed by atoms with Crippen LogP contribution in [0.4, 0.5) is 13.2 Å². The van der Waals surface area contributed by atoms with E-state index < -0.39 is 11.7 Å². The van der Waals surface area contributed by atoms with Crippen LogP contribution in [0.1, 0.15) is 58.1 Å². The predicted molar refractivity (Wildman–Crippen MR) is 124 cm³/mol. The number of halogens is 3. The van der Waals surface area contributed by atoms with Crippen molar-refractivity contribution >= 4 is 0 Å². The van der Waals surface area contributed by atoms with Crippen molar-refractivity contribution in [3.63, 3.8) is 0 Å². The third kappa shape index (κ3) is 6.61. The van der Waals surface area contributed by atoms with E-state index in [4.69, 9.17) is 4.74 Å². The molecule has 1 fully saturated rings. The molecular formula is C27H34F3NO. The minimum atomic E-state index is -4.31. The summed E-state index contributed by atoms with van der Waals surface area (Å²) in [5.74, 6) is 0.912. The van der Waals surface area contributed by atoms with Crippen LogP contribution in [0.25, 0.3) is 0 Å². The van der Waals surface area contributed by atoms with Gasteiger partial charge in [-0.15, -0.1) is 0 Å². The Bertz CT molecular complexity index is 875. The second-order valence-corrected chi connectivity index (χ2v) is 9.64. The lowest BCUT2D eigenvalue weighted by Gasteiger charge is -2.40. The average molecular weight is 446 g/mol. The summed E-state index contributed by atoms with van der Waals surface area (Å²) in [7, 11) is 0. The van der Waals surface area contributed by atoms with Crippen molar-refractivity contribution in [1.82, 2.24) is 4.90 Å². The maximum Gasteiger partial charge on any atom is 0.416 e. The highest BCUT2D eigenvalue weighted by Gasteiger charge is 2.33. The van der Waals surface area contributed by atoms with Crippen molar-refractivity contribution in [3.05, 3.63) is 77.4 Å². The monoisotopic (exact) mass is 445 g/mol. The first-order chi connectivity index (χ1) is 15.0. The molecule has 32 heavy (non-hydrogen) atoms. The Hall–Kier alpha value is -2.27. The molecule has 174 valence electrons. The summed E-state index contributed by atoms with van der Waals surface area (Å²) in [4.78, 5) is 2.49. The zero-order valence-corrected chi connectivity index (χ0v) is 19.5. The largest absolute Gasteiger partial charge is 0.490 e. The number of likely N-dealkylation sites (tertiary alicyclic amines) is 1. The summed E-state index contributed by atoms with van der Waals surface area (Å²) >= 11 is 0. The molecule has 2 aromatic carbocycles. The normalized spacial score (nSPS) is 17.1. The van der Waals surface area contributed by atoms with Crippen molar-refractivity contribution in [3.8, 4) is 5.75 Å². The number of allylic oxidation sites excluding steroid dienone is 1. The van der Waals surface area contributed by atoms with Crippen LogP contribution in [0.15, 0.2) is 66.2 Å². The zero-order valence-electron chi connectivity index (χ0n) is 19.5. The van der Waals surface area contributed by atoms with Crippen LogP contribution < -0.4 is 4.74 Å². The maximum absolute atomic E-state index is 13.0. The highest BCUT2D eigenvalue weighted by molar-refractivity contribution is 5.30. The van der Waals surface area contributed by atoms with E-state index in [9.17, 15) is 13.2 Å². The summed E-state index contributed by atoms with van der Waals surface area (Å²) in [5.41, 5.74) is 1.33. The third-order valence-corrected chi connectivity index (χ3v) is 6.23. The van der Waals surface area contributed by atoms with Crippen LogP contribution >= 0.6 is 0 Å². The van der Waals surface area contributed by atoms with Gasteiger partial charge in [0.15, 0.2) is 0 Å². The third-order valence-electron chi connectivity index (χ3n) is 6.23. The van der Waals surface area contributed by atoms with E-state index in [1.807, 2.05) is 30.3 Å². The van der Waals surface area contributed by atoms with Gasteiger partial charge >= 0.3 is 6.18 Å². The van der Waals surface area contributed by atoms with E-state index in [0.29, 0.717) is 0 Å². The molecule has 3 rings (SSSR count). The van der Waals surface area contributed by atoms with Gasteiger partial charge in [0.1, 0.15) is 11.9 Å². The molecule has 0 radical (unpaired) electrons. The zero-order chi connectivity index (χ0) is 23.4. The molecule has 0 spiro atoms. The van der Waals surface area contributed by atoms with E-state index in [0.717, 1.165) is 43.7 Å². The Labute approximate surface area is 190 Å². The van der Waals surface area contributed by atoms with Gasteiger partial charge in [-0.1, -0.05) is 55.8 Å². The standard InChI is InChI=1S/C27H34F3NO/c1-20(2)18-23(19-26(3,4)21-10-12-22(13-11-21)27(28,29)30)31-16-14-25(15-17-31)32-24-8-6-5-7-9-24/h5-13,18,23,25H,14-17,19H2,1-4H3. The first-order valence-corrected chi connectivity index (χ1v) is 11.3. The molecule has 1 aliphatic heterocycles. The van der Waals surface area contributed by atoms with Crippen LogP contribution in [0.3, 0.4) is 0 Å². The molecule has 1 atom stereocenters. The molecule has 0 bridgehead atoms. The fraction of sp³-hybridized carbons (Fsp3) is 0.481. The number of benzene rings is 2. The molecule has 2 nitrogen and oxygen atoms in total. The minimum absolute atomic E-state index is 0.212. The van der Waals surface area contributed by atoms with Gasteiger partial charge in [0.05, 0.1) is 5.56 Å². The van der Waals surface area contributed by atoms with Gasteiger partial charge in [-0.2, -0.15) is 13.2 Å². The fourth-order valence-corrected chi connectivity index (χ4v) is 4.45. The van der Waals surface area contributed by atoms with E-state index in [1.54, 1.807) is 12.1 Å². The Kier molecular flexibility index (Phi) is 7.71. The van der Waals surface area contributed by atoms with Crippen LogP contribution in [0, 0.1) is 0 Å². The minimum Gasteiger partial charge on any atom is -0.490 e. The van der Waals surface area contributed by atoms with E-state index in [2.05, 4.69) is 38.7 Å². The summed E-state index contributed by atoms with van der Waals surface area (Å²) in [6.45, 7) is 10.3. The molecule has 0 N–H and O–H groups in total. The summed E-state index contributed by atoms with van der Waals surface area (Å²) in [6.07, 6.45) is 0.965. The fourth-order valence-electron chi connectivity index (χ4n) is 4.45. The number of alkyl halides is 3. The van der Waals surface area contributed by atoms with Crippen LogP contribution in [0.5, 0.6) is 5.75 Å². The number of rotatable bonds is 7. The molecule has 1 heterocycles. The molecule has 0 aromatic heterocycles. The van der Waals surface area contributed by atoms with E-state index >= 15 is 0 Å². The Morgan fingerprint density at radius 1 is 0.969 bits per heavy atom. The molecule has 2 aromatic rings. The lowest BCUT2D eigenvalue weighted by atomic mass is 9.78. The quantitative estimate of drug-likeness (QED) is 0.416. The van der Waals surface area contributed by atoms with E-state index in [-0.39, 0.29) is 17.6 Å². The van der Waals surface area contributed by atoms with Gasteiger partial charge in [0, 0.05) is 19.1 Å². The van der Waals surface area contributed by atoms with Gasteiger partial charge in [-0.05, 0) is 68.4 Å². The number of nitrogens with zero attached hydrogens (tertiary/aromatic N) is 1. The van der Waals surface area contributed by atoms with Gasteiger partial charge in [0.2, 0.25) is 0 Å². The maximum atomic E-state index is 13.0. The Balaban J connectivity index is 1.67. The van der Waals surface area contributed by atoms with Crippen molar-refractivity contribution in [2.45, 2.75) is 70.7 Å². The number of piperidine rings is 1. The topological polar surface area (TPSA) is 12.5 Å². The summed E-state index contributed by atoms with van der Waals surface area (Å²) in [5, 5.41) is 0. The van der Waals surface area contributed by atoms with Gasteiger partial charge in [0.25, 0.3) is 0 Å². The molecule has 0 saturated carbocycles. The van der Waals surface area contributed by atoms with Crippen LogP contribution in [-0.4, -0.2) is 30.1 Å². The van der Waals surface area contributed by atoms with Crippen molar-refractivity contribution in [2.75, 3.05) is 13.1 Å². The predicted octanol–water partition coefficient (Wildman–Crippen LogP) is 7.25. The smallest absolute Gasteiger partial charge is 0.416 e. The molecule has 1 aliphatic rings. The lowest BCUT2D eigenvalue weighted by molar-refractivity contribution is -0.137. The lowest BCUT2D eigenvalue weighted by Crippen LogP contribution is -2.45. The molecule has 0 amide bonds. The van der Waals surface area contributed by atoms with Crippen molar-refractivity contribution < 1.29 is 17.9 Å². The first-order valence-electron chi connectivity index (χ1n) is 11.3. The number of ether oxygens (including phenoxy) is 1. The number of para-hydroxylation sites is 1. The second-order valence-electron chi connectivity index (χ2n) is 9.64. The number of hydrogen-bond donors (Lipinski definition) is 0. The van der Waals surface area contributed by atoms with E-state index in [1.165, 1.54) is 17.7 Å². The Morgan fingerprint density at radius 3 is 2.06 bits per heavy atom. The first kappa shape index (κ1) is 24.4. The number of hydrogen-bond acceptors (Lipinski definition) is 2. The molecule has 5 heteroatoms. The summed E-state index contributed by atoms with van der Waals surface area (Å²) < 4.78 is 45.0.